The quantitative estimate of drug-likeness (QED) is 0.503. The predicted molar refractivity (Wildman–Crippen MR) is 117 cm³/mol. The number of benzene rings is 2. The van der Waals surface area contributed by atoms with Gasteiger partial charge in [-0.25, -0.2) is 0 Å². The smallest absolute Gasteiger partial charge is 0.270 e. The molecular formula is C21H21ClN4O6. The Hall–Kier alpha value is -3.50. The summed E-state index contributed by atoms with van der Waals surface area (Å²) in [5, 5.41) is 16.0. The van der Waals surface area contributed by atoms with Crippen molar-refractivity contribution in [3.8, 4) is 0 Å². The molecule has 0 saturated carbocycles. The van der Waals surface area contributed by atoms with Crippen LogP contribution >= 0.6 is 11.6 Å². The van der Waals surface area contributed by atoms with Crippen LogP contribution in [0.1, 0.15) is 27.6 Å². The van der Waals surface area contributed by atoms with Gasteiger partial charge in [0.1, 0.15) is 6.04 Å². The molecule has 0 bridgehead atoms. The Bertz CT molecular complexity index is 1050. The topological polar surface area (TPSA) is 131 Å². The molecule has 11 heteroatoms. The fourth-order valence-electron chi connectivity index (χ4n) is 3.18. The van der Waals surface area contributed by atoms with E-state index in [1.165, 1.54) is 24.3 Å². The van der Waals surface area contributed by atoms with Gasteiger partial charge in [-0.1, -0.05) is 23.7 Å². The summed E-state index contributed by atoms with van der Waals surface area (Å²) in [5.41, 5.74) is 0.129. The maximum absolute atomic E-state index is 12.8. The van der Waals surface area contributed by atoms with Crippen LogP contribution in [0.15, 0.2) is 42.5 Å². The summed E-state index contributed by atoms with van der Waals surface area (Å²) < 4.78 is 5.23. The number of carbonyl (C=O) groups is 3. The molecule has 2 N–H and O–H groups in total. The molecule has 3 rings (SSSR count). The molecule has 3 amide bonds. The van der Waals surface area contributed by atoms with Crippen molar-refractivity contribution in [2.45, 2.75) is 13.0 Å². The molecule has 168 valence electrons. The van der Waals surface area contributed by atoms with Gasteiger partial charge in [-0.05, 0) is 25.1 Å². The Balaban J connectivity index is 1.72. The van der Waals surface area contributed by atoms with Gasteiger partial charge in [0.2, 0.25) is 5.91 Å². The largest absolute Gasteiger partial charge is 0.378 e. The van der Waals surface area contributed by atoms with E-state index in [0.717, 1.165) is 6.07 Å². The molecule has 1 atom stereocenters. The number of non-ortho nitro benzene ring substituents is 1. The number of halogens is 1. The van der Waals surface area contributed by atoms with Gasteiger partial charge in [0, 0.05) is 25.2 Å². The first-order chi connectivity index (χ1) is 15.3. The Morgan fingerprint density at radius 1 is 1.09 bits per heavy atom. The molecule has 2 aromatic rings. The molecule has 1 heterocycles. The van der Waals surface area contributed by atoms with Crippen molar-refractivity contribution in [3.05, 3.63) is 68.7 Å². The lowest BCUT2D eigenvalue weighted by Crippen LogP contribution is -2.50. The first kappa shape index (κ1) is 23.2. The molecule has 0 radical (unpaired) electrons. The van der Waals surface area contributed by atoms with E-state index in [-0.39, 0.29) is 33.4 Å². The molecule has 0 aromatic heterocycles. The maximum atomic E-state index is 12.8. The van der Waals surface area contributed by atoms with Gasteiger partial charge in [-0.2, -0.15) is 0 Å². The van der Waals surface area contributed by atoms with Crippen molar-refractivity contribution in [2.75, 3.05) is 31.6 Å². The predicted octanol–water partition coefficient (Wildman–Crippen LogP) is 2.48. The number of hydrogen-bond acceptors (Lipinski definition) is 6. The number of nitro benzene ring substituents is 1. The summed E-state index contributed by atoms with van der Waals surface area (Å²) in [6.07, 6.45) is 0. The minimum absolute atomic E-state index is 0.0170. The van der Waals surface area contributed by atoms with E-state index in [2.05, 4.69) is 10.6 Å². The number of anilines is 1. The minimum Gasteiger partial charge on any atom is -0.378 e. The van der Waals surface area contributed by atoms with Gasteiger partial charge in [-0.15, -0.1) is 0 Å². The van der Waals surface area contributed by atoms with Crippen LogP contribution in [0.2, 0.25) is 5.02 Å². The summed E-state index contributed by atoms with van der Waals surface area (Å²) in [4.78, 5) is 49.9. The Morgan fingerprint density at radius 3 is 2.44 bits per heavy atom. The van der Waals surface area contributed by atoms with Crippen LogP contribution in [0.4, 0.5) is 11.4 Å². The average Bonchev–Trinajstić information content (AvgIpc) is 2.79. The van der Waals surface area contributed by atoms with Gasteiger partial charge in [0.05, 0.1) is 40.0 Å². The highest BCUT2D eigenvalue weighted by atomic mass is 35.5. The number of para-hydroxylation sites is 1. The van der Waals surface area contributed by atoms with Crippen LogP contribution in [0.25, 0.3) is 0 Å². The van der Waals surface area contributed by atoms with E-state index in [0.29, 0.717) is 26.3 Å². The molecule has 1 fully saturated rings. The normalized spacial score (nSPS) is 14.4. The number of nitrogens with one attached hydrogen (secondary N) is 2. The highest BCUT2D eigenvalue weighted by Crippen LogP contribution is 2.24. The van der Waals surface area contributed by atoms with Crippen molar-refractivity contribution in [2.24, 2.45) is 0 Å². The second kappa shape index (κ2) is 10.2. The van der Waals surface area contributed by atoms with Crippen LogP contribution < -0.4 is 10.6 Å². The number of morpholine rings is 1. The van der Waals surface area contributed by atoms with Crippen LogP contribution in [0.5, 0.6) is 0 Å². The molecule has 1 unspecified atom stereocenters. The Morgan fingerprint density at radius 2 is 1.78 bits per heavy atom. The summed E-state index contributed by atoms with van der Waals surface area (Å²) in [7, 11) is 0. The number of rotatable bonds is 6. The third-order valence-corrected chi connectivity index (χ3v) is 5.18. The van der Waals surface area contributed by atoms with Crippen molar-refractivity contribution in [3.63, 3.8) is 0 Å². The molecule has 10 nitrogen and oxygen atoms in total. The lowest BCUT2D eigenvalue weighted by Gasteiger charge is -2.29. The summed E-state index contributed by atoms with van der Waals surface area (Å²) in [5.74, 6) is -1.40. The fourth-order valence-corrected chi connectivity index (χ4v) is 3.44. The molecule has 1 aliphatic heterocycles. The maximum Gasteiger partial charge on any atom is 0.270 e. The van der Waals surface area contributed by atoms with Gasteiger partial charge < -0.3 is 20.3 Å². The highest BCUT2D eigenvalue weighted by Gasteiger charge is 2.25. The molecule has 2 aromatic carbocycles. The Labute approximate surface area is 188 Å². The molecule has 1 saturated heterocycles. The molecular weight excluding hydrogens is 440 g/mol. The second-order valence-corrected chi connectivity index (χ2v) is 7.46. The molecule has 0 spiro atoms. The van der Waals surface area contributed by atoms with Gasteiger partial charge >= 0.3 is 0 Å². The number of nitrogens with zero attached hydrogens (tertiary/aromatic N) is 2. The first-order valence-corrected chi connectivity index (χ1v) is 10.2. The highest BCUT2D eigenvalue weighted by molar-refractivity contribution is 6.34. The van der Waals surface area contributed by atoms with Crippen LogP contribution in [-0.4, -0.2) is 59.9 Å². The van der Waals surface area contributed by atoms with Crippen molar-refractivity contribution in [1.29, 1.82) is 0 Å². The van der Waals surface area contributed by atoms with Crippen molar-refractivity contribution in [1.82, 2.24) is 10.2 Å². The molecule has 32 heavy (non-hydrogen) atoms. The zero-order chi connectivity index (χ0) is 23.3. The van der Waals surface area contributed by atoms with Gasteiger partial charge in [-0.3, -0.25) is 24.5 Å². The average molecular weight is 461 g/mol. The summed E-state index contributed by atoms with van der Waals surface area (Å²) >= 11 is 6.02. The second-order valence-electron chi connectivity index (χ2n) is 7.05. The lowest BCUT2D eigenvalue weighted by atomic mass is 10.1. The Kier molecular flexibility index (Phi) is 7.39. The number of ether oxygens (including phenoxy) is 1. The number of amides is 3. The summed E-state index contributed by atoms with van der Waals surface area (Å²) in [6.45, 7) is 3.41. The van der Waals surface area contributed by atoms with E-state index in [1.54, 1.807) is 24.0 Å². The third kappa shape index (κ3) is 5.40. The van der Waals surface area contributed by atoms with E-state index in [9.17, 15) is 24.5 Å². The molecule has 1 aliphatic rings. The lowest BCUT2D eigenvalue weighted by molar-refractivity contribution is -0.384. The zero-order valence-corrected chi connectivity index (χ0v) is 17.9. The van der Waals surface area contributed by atoms with Crippen molar-refractivity contribution < 1.29 is 24.0 Å². The van der Waals surface area contributed by atoms with Crippen LogP contribution in [-0.2, 0) is 9.53 Å². The van der Waals surface area contributed by atoms with Gasteiger partial charge in [0.15, 0.2) is 0 Å². The zero-order valence-electron chi connectivity index (χ0n) is 17.2. The first-order valence-electron chi connectivity index (χ1n) is 9.79. The van der Waals surface area contributed by atoms with E-state index in [1.807, 2.05) is 0 Å². The van der Waals surface area contributed by atoms with Gasteiger partial charge in [0.25, 0.3) is 17.5 Å². The monoisotopic (exact) mass is 460 g/mol. The standard InChI is InChI=1S/C21H21ClN4O6/c1-13(21(29)25-8-10-32-11-9-25)23-20(28)16-4-2-3-5-18(16)24-19(27)15-7-6-14(26(30)31)12-17(15)22/h2-7,12-13H,8-11H2,1H3,(H,23,28)(H,24,27). The summed E-state index contributed by atoms with van der Waals surface area (Å²) in [6, 6.07) is 9.00. The van der Waals surface area contributed by atoms with Crippen molar-refractivity contribution >= 4 is 40.7 Å². The SMILES string of the molecule is CC(NC(=O)c1ccccc1NC(=O)c1ccc([N+](=O)[O-])cc1Cl)C(=O)N1CCOCC1. The minimum atomic E-state index is -0.770. The van der Waals surface area contributed by atoms with E-state index < -0.39 is 22.8 Å². The fraction of sp³-hybridized carbons (Fsp3) is 0.286. The van der Waals surface area contributed by atoms with Crippen LogP contribution in [0.3, 0.4) is 0 Å². The van der Waals surface area contributed by atoms with E-state index in [4.69, 9.17) is 16.3 Å². The molecule has 0 aliphatic carbocycles. The number of hydrogen-bond donors (Lipinski definition) is 2. The number of carbonyl (C=O) groups excluding carboxylic acids is 3. The number of nitro groups is 1. The van der Waals surface area contributed by atoms with E-state index >= 15 is 0 Å². The van der Waals surface area contributed by atoms with Crippen LogP contribution in [0, 0.1) is 10.1 Å². The third-order valence-electron chi connectivity index (χ3n) is 4.87.